The van der Waals surface area contributed by atoms with Gasteiger partial charge in [0.05, 0.1) is 17.7 Å². The lowest BCUT2D eigenvalue weighted by Gasteiger charge is -2.30. The van der Waals surface area contributed by atoms with Gasteiger partial charge in [0.15, 0.2) is 0 Å². The summed E-state index contributed by atoms with van der Waals surface area (Å²) in [5.41, 5.74) is 2.58. The highest BCUT2D eigenvalue weighted by molar-refractivity contribution is 5.58. The predicted molar refractivity (Wildman–Crippen MR) is 84.0 cm³/mol. The fourth-order valence-electron chi connectivity index (χ4n) is 4.35. The maximum atomic E-state index is 9.97. The van der Waals surface area contributed by atoms with Gasteiger partial charge >= 0.3 is 0 Å². The molecule has 0 saturated heterocycles. The molecule has 112 valence electrons. The van der Waals surface area contributed by atoms with Gasteiger partial charge in [-0.25, -0.2) is 0 Å². The molecule has 1 aromatic rings. The van der Waals surface area contributed by atoms with E-state index in [1.165, 1.54) is 25.7 Å². The van der Waals surface area contributed by atoms with Gasteiger partial charge in [-0.3, -0.25) is 0 Å². The molecule has 0 spiro atoms. The van der Waals surface area contributed by atoms with Gasteiger partial charge in [0.25, 0.3) is 0 Å². The van der Waals surface area contributed by atoms with Crippen LogP contribution < -0.4 is 4.90 Å². The number of rotatable bonds is 4. The number of fused-ring (bicyclic) bond motifs is 2. The van der Waals surface area contributed by atoms with Crippen LogP contribution in [0.25, 0.3) is 0 Å². The second-order valence-corrected chi connectivity index (χ2v) is 6.88. The molecule has 0 amide bonds. The van der Waals surface area contributed by atoms with Crippen molar-refractivity contribution in [3.63, 3.8) is 0 Å². The first-order valence-electron chi connectivity index (χ1n) is 8.01. The molecule has 2 aliphatic rings. The number of benzene rings is 1. The van der Waals surface area contributed by atoms with Gasteiger partial charge < -0.3 is 10.0 Å². The van der Waals surface area contributed by atoms with Crippen molar-refractivity contribution in [3.8, 4) is 6.07 Å². The van der Waals surface area contributed by atoms with Crippen molar-refractivity contribution < 1.29 is 5.11 Å². The Bertz CT molecular complexity index is 561. The quantitative estimate of drug-likeness (QED) is 0.920. The third-order valence-electron chi connectivity index (χ3n) is 5.41. The van der Waals surface area contributed by atoms with Gasteiger partial charge in [0.1, 0.15) is 0 Å². The van der Waals surface area contributed by atoms with Crippen LogP contribution in [0.5, 0.6) is 0 Å². The Hall–Kier alpha value is -1.53. The summed E-state index contributed by atoms with van der Waals surface area (Å²) >= 11 is 0. The number of nitriles is 1. The maximum absolute atomic E-state index is 9.97. The fraction of sp³-hybridized carbons (Fsp3) is 0.611. The highest BCUT2D eigenvalue weighted by Gasteiger charge is 2.39. The molecule has 4 atom stereocenters. The van der Waals surface area contributed by atoms with Crippen molar-refractivity contribution in [3.05, 3.63) is 29.3 Å². The smallest absolute Gasteiger partial charge is 0.0992 e. The van der Waals surface area contributed by atoms with E-state index in [1.807, 2.05) is 12.1 Å². The molecule has 3 nitrogen and oxygen atoms in total. The minimum absolute atomic E-state index is 0.504. The summed E-state index contributed by atoms with van der Waals surface area (Å²) in [6.45, 7) is 2.83. The topological polar surface area (TPSA) is 47.3 Å². The Balaban J connectivity index is 1.80. The number of aliphatic hydroxyl groups excluding tert-OH is 1. The van der Waals surface area contributed by atoms with E-state index in [0.29, 0.717) is 5.56 Å². The minimum atomic E-state index is -0.504. The molecule has 2 saturated carbocycles. The zero-order valence-electron chi connectivity index (χ0n) is 12.9. The second-order valence-electron chi connectivity index (χ2n) is 6.88. The predicted octanol–water partition coefficient (Wildman–Crippen LogP) is 3.48. The highest BCUT2D eigenvalue weighted by atomic mass is 16.3. The standard InChI is InChI=1S/C18H24N2O/c1-12(21)17-6-4-14(10-19)9-18(17)20(2)11-16-8-13-3-5-15(16)7-13/h4,6,9,12-13,15-16,21H,3,5,7-8,11H2,1-2H3. The van der Waals surface area contributed by atoms with Crippen molar-refractivity contribution in [1.82, 2.24) is 0 Å². The average molecular weight is 284 g/mol. The lowest BCUT2D eigenvalue weighted by Crippen LogP contribution is -2.29. The monoisotopic (exact) mass is 284 g/mol. The molecule has 3 heteroatoms. The van der Waals surface area contributed by atoms with E-state index >= 15 is 0 Å². The van der Waals surface area contributed by atoms with Gasteiger partial charge in [0.2, 0.25) is 0 Å². The number of aliphatic hydroxyl groups is 1. The SMILES string of the molecule is CC(O)c1ccc(C#N)cc1N(C)CC1CC2CCC1C2. The maximum Gasteiger partial charge on any atom is 0.0992 e. The molecule has 0 aliphatic heterocycles. The van der Waals surface area contributed by atoms with Crippen LogP contribution in [0.15, 0.2) is 18.2 Å². The van der Waals surface area contributed by atoms with Crippen LogP contribution in [-0.4, -0.2) is 18.7 Å². The van der Waals surface area contributed by atoms with E-state index in [9.17, 15) is 5.11 Å². The lowest BCUT2D eigenvalue weighted by molar-refractivity contribution is 0.199. The normalized spacial score (nSPS) is 28.4. The number of anilines is 1. The first-order chi connectivity index (χ1) is 10.1. The van der Waals surface area contributed by atoms with E-state index < -0.39 is 6.10 Å². The van der Waals surface area contributed by atoms with Crippen LogP contribution in [0.1, 0.15) is 49.8 Å². The Morgan fingerprint density at radius 1 is 1.38 bits per heavy atom. The Labute approximate surface area is 127 Å². The van der Waals surface area contributed by atoms with Crippen molar-refractivity contribution >= 4 is 5.69 Å². The molecule has 0 aromatic heterocycles. The Kier molecular flexibility index (Phi) is 3.91. The summed E-state index contributed by atoms with van der Waals surface area (Å²) < 4.78 is 0. The van der Waals surface area contributed by atoms with Crippen LogP contribution in [0.3, 0.4) is 0 Å². The summed E-state index contributed by atoms with van der Waals surface area (Å²) in [5, 5.41) is 19.1. The molecule has 2 fully saturated rings. The van der Waals surface area contributed by atoms with Crippen LogP contribution in [-0.2, 0) is 0 Å². The van der Waals surface area contributed by atoms with Crippen LogP contribution in [0.4, 0.5) is 5.69 Å². The van der Waals surface area contributed by atoms with Crippen molar-refractivity contribution in [2.45, 2.75) is 38.7 Å². The first-order valence-corrected chi connectivity index (χ1v) is 8.01. The van der Waals surface area contributed by atoms with Crippen molar-refractivity contribution in [2.75, 3.05) is 18.5 Å². The molecule has 2 aliphatic carbocycles. The molecular weight excluding hydrogens is 260 g/mol. The van der Waals surface area contributed by atoms with E-state index in [2.05, 4.69) is 18.0 Å². The Morgan fingerprint density at radius 3 is 2.76 bits per heavy atom. The van der Waals surface area contributed by atoms with E-state index in [1.54, 1.807) is 13.0 Å². The molecule has 1 N–H and O–H groups in total. The number of nitrogens with zero attached hydrogens (tertiary/aromatic N) is 2. The molecule has 21 heavy (non-hydrogen) atoms. The van der Waals surface area contributed by atoms with Crippen LogP contribution in [0.2, 0.25) is 0 Å². The van der Waals surface area contributed by atoms with Crippen molar-refractivity contribution in [2.24, 2.45) is 17.8 Å². The highest BCUT2D eigenvalue weighted by Crippen LogP contribution is 2.48. The third kappa shape index (κ3) is 2.78. The number of hydrogen-bond acceptors (Lipinski definition) is 3. The molecule has 1 aromatic carbocycles. The van der Waals surface area contributed by atoms with Gasteiger partial charge in [-0.2, -0.15) is 5.26 Å². The Morgan fingerprint density at radius 2 is 2.19 bits per heavy atom. The molecule has 2 bridgehead atoms. The molecule has 3 rings (SSSR count). The zero-order chi connectivity index (χ0) is 15.0. The van der Waals surface area contributed by atoms with E-state index in [0.717, 1.165) is 35.5 Å². The lowest BCUT2D eigenvalue weighted by atomic mass is 9.88. The first kappa shape index (κ1) is 14.4. The summed E-state index contributed by atoms with van der Waals surface area (Å²) in [6, 6.07) is 7.79. The van der Waals surface area contributed by atoms with Gasteiger partial charge in [0, 0.05) is 24.8 Å². The van der Waals surface area contributed by atoms with E-state index in [4.69, 9.17) is 5.26 Å². The summed E-state index contributed by atoms with van der Waals surface area (Å²) in [6.07, 6.45) is 5.09. The number of hydrogen-bond donors (Lipinski definition) is 1. The summed E-state index contributed by atoms with van der Waals surface area (Å²) in [5.74, 6) is 2.63. The summed E-state index contributed by atoms with van der Waals surface area (Å²) in [4.78, 5) is 2.24. The summed E-state index contributed by atoms with van der Waals surface area (Å²) in [7, 11) is 2.09. The van der Waals surface area contributed by atoms with Crippen molar-refractivity contribution in [1.29, 1.82) is 5.26 Å². The molecule has 0 heterocycles. The molecule has 4 unspecified atom stereocenters. The van der Waals surface area contributed by atoms with Gasteiger partial charge in [-0.1, -0.05) is 12.5 Å². The van der Waals surface area contributed by atoms with E-state index in [-0.39, 0.29) is 0 Å². The third-order valence-corrected chi connectivity index (χ3v) is 5.41. The second kappa shape index (κ2) is 5.69. The zero-order valence-corrected chi connectivity index (χ0v) is 12.9. The van der Waals surface area contributed by atoms with Crippen LogP contribution in [0, 0.1) is 29.1 Å². The molecular formula is C18H24N2O. The van der Waals surface area contributed by atoms with Crippen LogP contribution >= 0.6 is 0 Å². The fourth-order valence-corrected chi connectivity index (χ4v) is 4.35. The van der Waals surface area contributed by atoms with Gasteiger partial charge in [-0.15, -0.1) is 0 Å². The largest absolute Gasteiger partial charge is 0.389 e. The molecule has 0 radical (unpaired) electrons. The van der Waals surface area contributed by atoms with Gasteiger partial charge in [-0.05, 0) is 56.1 Å². The average Bonchev–Trinajstić information content (AvgIpc) is 3.09. The minimum Gasteiger partial charge on any atom is -0.389 e.